The first-order valence-electron chi connectivity index (χ1n) is 6.36. The smallest absolute Gasteiger partial charge is 0.351 e. The Hall–Kier alpha value is -1.31. The highest BCUT2D eigenvalue weighted by Crippen LogP contribution is 2.24. The Kier molecular flexibility index (Phi) is 4.52. The van der Waals surface area contributed by atoms with E-state index in [9.17, 15) is 13.2 Å². The third kappa shape index (κ3) is 4.09. The summed E-state index contributed by atoms with van der Waals surface area (Å²) in [5.41, 5.74) is 0. The molecule has 2 rings (SSSR count). The average Bonchev–Trinajstić information content (AvgIpc) is 2.79. The molecule has 2 N–H and O–H groups in total. The fourth-order valence-electron chi connectivity index (χ4n) is 2.01. The van der Waals surface area contributed by atoms with Crippen LogP contribution in [-0.2, 0) is 0 Å². The molecule has 1 aromatic heterocycles. The molecule has 0 saturated heterocycles. The van der Waals surface area contributed by atoms with Crippen molar-refractivity contribution in [1.82, 2.24) is 15.0 Å². The van der Waals surface area contributed by atoms with Gasteiger partial charge in [0, 0.05) is 6.04 Å². The molecule has 5 nitrogen and oxygen atoms in total. The van der Waals surface area contributed by atoms with E-state index < -0.39 is 12.2 Å². The van der Waals surface area contributed by atoms with Crippen LogP contribution in [-0.4, -0.2) is 33.2 Å². The van der Waals surface area contributed by atoms with Crippen molar-refractivity contribution in [2.75, 3.05) is 10.6 Å². The van der Waals surface area contributed by atoms with Crippen LogP contribution in [0.3, 0.4) is 0 Å². The topological polar surface area (TPSA) is 62.7 Å². The molecule has 0 unspecified atom stereocenters. The minimum atomic E-state index is -4.38. The summed E-state index contributed by atoms with van der Waals surface area (Å²) in [7, 11) is 0. The van der Waals surface area contributed by atoms with Crippen LogP contribution in [0.15, 0.2) is 0 Å². The standard InChI is InChI=1S/C11H15ClF3N5/c1-6(11(13,14)15)16-9-18-8(12)19-10(20-9)17-7-4-2-3-5-7/h6-7H,2-5H2,1H3,(H2,16,17,18,19,20)/t6-/m1/s1. The lowest BCUT2D eigenvalue weighted by Gasteiger charge is -2.18. The molecular formula is C11H15ClF3N5. The molecule has 1 aromatic rings. The van der Waals surface area contributed by atoms with Gasteiger partial charge in [-0.2, -0.15) is 28.1 Å². The monoisotopic (exact) mass is 309 g/mol. The maximum Gasteiger partial charge on any atom is 0.408 e. The Morgan fingerprint density at radius 1 is 1.15 bits per heavy atom. The normalized spacial score (nSPS) is 18.1. The fraction of sp³-hybridized carbons (Fsp3) is 0.727. The van der Waals surface area contributed by atoms with Crippen LogP contribution in [0, 0.1) is 0 Å². The van der Waals surface area contributed by atoms with Gasteiger partial charge in [0.15, 0.2) is 0 Å². The van der Waals surface area contributed by atoms with Crippen molar-refractivity contribution in [3.05, 3.63) is 5.28 Å². The van der Waals surface area contributed by atoms with Crippen LogP contribution < -0.4 is 10.6 Å². The molecule has 9 heteroatoms. The zero-order valence-corrected chi connectivity index (χ0v) is 11.6. The summed E-state index contributed by atoms with van der Waals surface area (Å²) in [5, 5.41) is 5.10. The number of hydrogen-bond donors (Lipinski definition) is 2. The molecule has 1 saturated carbocycles. The van der Waals surface area contributed by atoms with Crippen molar-refractivity contribution in [2.45, 2.75) is 50.9 Å². The number of nitrogens with zero attached hydrogens (tertiary/aromatic N) is 3. The Balaban J connectivity index is 2.07. The predicted molar refractivity (Wildman–Crippen MR) is 69.9 cm³/mol. The molecule has 0 amide bonds. The summed E-state index contributed by atoms with van der Waals surface area (Å²) >= 11 is 5.71. The molecule has 0 spiro atoms. The first kappa shape index (κ1) is 15.1. The van der Waals surface area contributed by atoms with E-state index in [-0.39, 0.29) is 23.2 Å². The number of rotatable bonds is 4. The first-order valence-corrected chi connectivity index (χ1v) is 6.74. The molecule has 1 aliphatic carbocycles. The minimum absolute atomic E-state index is 0.141. The molecular weight excluding hydrogens is 295 g/mol. The number of anilines is 2. The fourth-order valence-corrected chi connectivity index (χ4v) is 2.17. The summed E-state index contributed by atoms with van der Waals surface area (Å²) < 4.78 is 37.4. The van der Waals surface area contributed by atoms with Crippen molar-refractivity contribution in [3.63, 3.8) is 0 Å². The number of halogens is 4. The number of nitrogens with one attached hydrogen (secondary N) is 2. The molecule has 1 heterocycles. The summed E-state index contributed by atoms with van der Waals surface area (Å²) in [6.07, 6.45) is -0.159. The van der Waals surface area contributed by atoms with Crippen LogP contribution >= 0.6 is 11.6 Å². The van der Waals surface area contributed by atoms with Crippen LogP contribution in [0.2, 0.25) is 5.28 Å². The second kappa shape index (κ2) is 5.99. The van der Waals surface area contributed by atoms with E-state index in [1.165, 1.54) is 0 Å². The molecule has 0 bridgehead atoms. The van der Waals surface area contributed by atoms with Crippen LogP contribution in [0.4, 0.5) is 25.1 Å². The zero-order chi connectivity index (χ0) is 14.8. The molecule has 1 aliphatic rings. The third-order valence-corrected chi connectivity index (χ3v) is 3.30. The lowest BCUT2D eigenvalue weighted by molar-refractivity contribution is -0.138. The average molecular weight is 310 g/mol. The number of aromatic nitrogens is 3. The van der Waals surface area contributed by atoms with Gasteiger partial charge in [-0.1, -0.05) is 12.8 Å². The van der Waals surface area contributed by atoms with E-state index in [0.29, 0.717) is 0 Å². The number of hydrogen-bond acceptors (Lipinski definition) is 5. The van der Waals surface area contributed by atoms with Gasteiger partial charge in [0.25, 0.3) is 0 Å². The molecule has 20 heavy (non-hydrogen) atoms. The molecule has 0 radical (unpaired) electrons. The van der Waals surface area contributed by atoms with Gasteiger partial charge < -0.3 is 10.6 Å². The van der Waals surface area contributed by atoms with Crippen LogP contribution in [0.5, 0.6) is 0 Å². The Morgan fingerprint density at radius 3 is 2.35 bits per heavy atom. The summed E-state index contributed by atoms with van der Waals surface area (Å²) in [6.45, 7) is 0.988. The van der Waals surface area contributed by atoms with Gasteiger partial charge in [0.05, 0.1) is 0 Å². The third-order valence-electron chi connectivity index (χ3n) is 3.13. The first-order chi connectivity index (χ1) is 9.34. The van der Waals surface area contributed by atoms with Gasteiger partial charge in [-0.15, -0.1) is 0 Å². The van der Waals surface area contributed by atoms with Gasteiger partial charge in [-0.3, -0.25) is 0 Å². The van der Waals surface area contributed by atoms with Gasteiger partial charge in [0.2, 0.25) is 17.2 Å². The van der Waals surface area contributed by atoms with E-state index in [4.69, 9.17) is 11.6 Å². The molecule has 112 valence electrons. The van der Waals surface area contributed by atoms with Crippen molar-refractivity contribution in [3.8, 4) is 0 Å². The lowest BCUT2D eigenvalue weighted by Crippen LogP contribution is -2.34. The Morgan fingerprint density at radius 2 is 1.75 bits per heavy atom. The maximum absolute atomic E-state index is 12.5. The summed E-state index contributed by atoms with van der Waals surface area (Å²) in [5.74, 6) is 0.0177. The molecule has 1 fully saturated rings. The maximum atomic E-state index is 12.5. The van der Waals surface area contributed by atoms with Crippen molar-refractivity contribution < 1.29 is 13.2 Å². The Labute approximate surface area is 119 Å². The summed E-state index contributed by atoms with van der Waals surface area (Å²) in [6, 6.07) is -1.53. The summed E-state index contributed by atoms with van der Waals surface area (Å²) in [4.78, 5) is 11.5. The van der Waals surface area contributed by atoms with E-state index in [1.54, 1.807) is 0 Å². The quantitative estimate of drug-likeness (QED) is 0.894. The van der Waals surface area contributed by atoms with Gasteiger partial charge in [-0.05, 0) is 31.4 Å². The lowest BCUT2D eigenvalue weighted by atomic mass is 10.3. The molecule has 1 atom stereocenters. The van der Waals surface area contributed by atoms with E-state index >= 15 is 0 Å². The largest absolute Gasteiger partial charge is 0.408 e. The molecule has 0 aromatic carbocycles. The van der Waals surface area contributed by atoms with Crippen LogP contribution in [0.1, 0.15) is 32.6 Å². The van der Waals surface area contributed by atoms with Crippen LogP contribution in [0.25, 0.3) is 0 Å². The predicted octanol–water partition coefficient (Wildman–Crippen LogP) is 3.24. The zero-order valence-electron chi connectivity index (χ0n) is 10.8. The highest BCUT2D eigenvalue weighted by atomic mass is 35.5. The Bertz CT molecular complexity index is 462. The highest BCUT2D eigenvalue weighted by Gasteiger charge is 2.36. The minimum Gasteiger partial charge on any atom is -0.351 e. The SMILES string of the molecule is C[C@@H](Nc1nc(Cl)nc(NC2CCCC2)n1)C(F)(F)F. The van der Waals surface area contributed by atoms with Crippen molar-refractivity contribution >= 4 is 23.5 Å². The van der Waals surface area contributed by atoms with Gasteiger partial charge in [0.1, 0.15) is 6.04 Å². The van der Waals surface area contributed by atoms with Gasteiger partial charge >= 0.3 is 6.18 Å². The van der Waals surface area contributed by atoms with Crippen molar-refractivity contribution in [1.29, 1.82) is 0 Å². The van der Waals surface area contributed by atoms with E-state index in [0.717, 1.165) is 32.6 Å². The van der Waals surface area contributed by atoms with Crippen molar-refractivity contribution in [2.24, 2.45) is 0 Å². The second-order valence-electron chi connectivity index (χ2n) is 4.79. The van der Waals surface area contributed by atoms with E-state index in [2.05, 4.69) is 25.6 Å². The highest BCUT2D eigenvalue weighted by molar-refractivity contribution is 6.28. The van der Waals surface area contributed by atoms with Gasteiger partial charge in [-0.25, -0.2) is 0 Å². The second-order valence-corrected chi connectivity index (χ2v) is 5.12. The number of alkyl halides is 3. The van der Waals surface area contributed by atoms with E-state index in [1.807, 2.05) is 0 Å². The molecule has 0 aliphatic heterocycles.